The van der Waals surface area contributed by atoms with Crippen LogP contribution in [-0.2, 0) is 9.47 Å². The predicted molar refractivity (Wildman–Crippen MR) is 62.6 cm³/mol. The first-order chi connectivity index (χ1) is 6.97. The van der Waals surface area contributed by atoms with Crippen molar-refractivity contribution in [3.05, 3.63) is 11.6 Å². The second-order valence-corrected chi connectivity index (χ2v) is 5.03. The zero-order valence-electron chi connectivity index (χ0n) is 10.8. The molecule has 0 amide bonds. The molecule has 88 valence electrons. The Morgan fingerprint density at radius 1 is 1.07 bits per heavy atom. The Hall–Kier alpha value is -0.340. The van der Waals surface area contributed by atoms with Crippen molar-refractivity contribution < 1.29 is 9.47 Å². The molecule has 0 saturated carbocycles. The van der Waals surface area contributed by atoms with Crippen molar-refractivity contribution in [3.63, 3.8) is 0 Å². The van der Waals surface area contributed by atoms with Crippen LogP contribution in [0.25, 0.3) is 0 Å². The highest BCUT2D eigenvalue weighted by atomic mass is 16.7. The molecule has 1 saturated heterocycles. The van der Waals surface area contributed by atoms with Gasteiger partial charge in [-0.3, -0.25) is 0 Å². The average Bonchev–Trinajstić information content (AvgIpc) is 2.18. The first-order valence-corrected chi connectivity index (χ1v) is 5.80. The van der Waals surface area contributed by atoms with Crippen molar-refractivity contribution in [1.29, 1.82) is 0 Å². The number of ether oxygens (including phenoxy) is 2. The fourth-order valence-electron chi connectivity index (χ4n) is 2.22. The lowest BCUT2D eigenvalue weighted by atomic mass is 9.78. The van der Waals surface area contributed by atoms with E-state index in [0.717, 1.165) is 0 Å². The van der Waals surface area contributed by atoms with Gasteiger partial charge in [0.1, 0.15) is 0 Å². The van der Waals surface area contributed by atoms with Crippen LogP contribution in [0.3, 0.4) is 0 Å². The Kier molecular flexibility index (Phi) is 4.35. The lowest BCUT2D eigenvalue weighted by Crippen LogP contribution is -2.44. The van der Waals surface area contributed by atoms with Gasteiger partial charge in [-0.05, 0) is 25.7 Å². The van der Waals surface area contributed by atoms with Crippen LogP contribution in [-0.4, -0.2) is 19.5 Å². The van der Waals surface area contributed by atoms with Crippen LogP contribution < -0.4 is 0 Å². The smallest absolute Gasteiger partial charge is 0.160 e. The molecule has 0 spiro atoms. The van der Waals surface area contributed by atoms with E-state index in [-0.39, 0.29) is 12.4 Å². The van der Waals surface area contributed by atoms with Gasteiger partial charge in [-0.1, -0.05) is 32.4 Å². The standard InChI is InChI=1S/C13H24O2/c1-8(2)7-12-10(4)9(3)11(5)13(14-6)15-12/h7,9-13H,1-6H3/t9-,10+,11?,12?,13-/m0/s1. The van der Waals surface area contributed by atoms with Gasteiger partial charge in [-0.25, -0.2) is 0 Å². The molecule has 15 heavy (non-hydrogen) atoms. The van der Waals surface area contributed by atoms with Gasteiger partial charge >= 0.3 is 0 Å². The molecule has 1 rings (SSSR count). The molecular weight excluding hydrogens is 188 g/mol. The molecule has 0 radical (unpaired) electrons. The fourth-order valence-corrected chi connectivity index (χ4v) is 2.22. The molecule has 2 nitrogen and oxygen atoms in total. The quantitative estimate of drug-likeness (QED) is 0.654. The molecule has 1 aliphatic rings. The molecule has 0 aromatic carbocycles. The Labute approximate surface area is 93.7 Å². The summed E-state index contributed by atoms with van der Waals surface area (Å²) in [6.45, 7) is 11.0. The monoisotopic (exact) mass is 212 g/mol. The van der Waals surface area contributed by atoms with Crippen molar-refractivity contribution in [2.24, 2.45) is 17.8 Å². The third-order valence-corrected chi connectivity index (χ3v) is 3.63. The lowest BCUT2D eigenvalue weighted by molar-refractivity contribution is -0.225. The minimum atomic E-state index is -0.0585. The Morgan fingerprint density at radius 3 is 2.13 bits per heavy atom. The van der Waals surface area contributed by atoms with Gasteiger partial charge in [-0.2, -0.15) is 0 Å². The van der Waals surface area contributed by atoms with Crippen molar-refractivity contribution in [1.82, 2.24) is 0 Å². The van der Waals surface area contributed by atoms with Crippen LogP contribution in [0.15, 0.2) is 11.6 Å². The second-order valence-electron chi connectivity index (χ2n) is 5.03. The molecular formula is C13H24O2. The molecule has 2 heteroatoms. The van der Waals surface area contributed by atoms with E-state index in [1.807, 2.05) is 0 Å². The number of rotatable bonds is 2. The first-order valence-electron chi connectivity index (χ1n) is 5.80. The summed E-state index contributed by atoms with van der Waals surface area (Å²) in [6, 6.07) is 0. The number of hydrogen-bond donors (Lipinski definition) is 0. The van der Waals surface area contributed by atoms with Crippen LogP contribution in [0, 0.1) is 17.8 Å². The summed E-state index contributed by atoms with van der Waals surface area (Å²) in [4.78, 5) is 0. The summed E-state index contributed by atoms with van der Waals surface area (Å²) < 4.78 is 11.3. The third kappa shape index (κ3) is 2.82. The minimum Gasteiger partial charge on any atom is -0.356 e. The molecule has 2 unspecified atom stereocenters. The number of allylic oxidation sites excluding steroid dienone is 1. The van der Waals surface area contributed by atoms with E-state index in [1.54, 1.807) is 7.11 Å². The summed E-state index contributed by atoms with van der Waals surface area (Å²) in [6.07, 6.45) is 2.35. The van der Waals surface area contributed by atoms with E-state index in [4.69, 9.17) is 9.47 Å². The van der Waals surface area contributed by atoms with E-state index < -0.39 is 0 Å². The highest BCUT2D eigenvalue weighted by Gasteiger charge is 2.37. The van der Waals surface area contributed by atoms with E-state index in [0.29, 0.717) is 17.8 Å². The van der Waals surface area contributed by atoms with Crippen LogP contribution in [0.4, 0.5) is 0 Å². The Morgan fingerprint density at radius 2 is 1.67 bits per heavy atom. The highest BCUT2D eigenvalue weighted by molar-refractivity contribution is 5.02. The van der Waals surface area contributed by atoms with Crippen LogP contribution in [0.1, 0.15) is 34.6 Å². The highest BCUT2D eigenvalue weighted by Crippen LogP contribution is 2.35. The summed E-state index contributed by atoms with van der Waals surface area (Å²) in [7, 11) is 1.73. The van der Waals surface area contributed by atoms with Gasteiger partial charge in [0, 0.05) is 13.0 Å². The zero-order valence-corrected chi connectivity index (χ0v) is 10.8. The molecule has 1 aliphatic heterocycles. The Bertz CT molecular complexity index is 229. The lowest BCUT2D eigenvalue weighted by Gasteiger charge is -2.42. The van der Waals surface area contributed by atoms with Gasteiger partial charge in [0.25, 0.3) is 0 Å². The maximum absolute atomic E-state index is 5.94. The van der Waals surface area contributed by atoms with E-state index in [9.17, 15) is 0 Å². The van der Waals surface area contributed by atoms with Crippen LogP contribution >= 0.6 is 0 Å². The molecule has 0 aromatic heterocycles. The molecule has 5 atom stereocenters. The molecule has 0 aromatic rings. The van der Waals surface area contributed by atoms with E-state index in [2.05, 4.69) is 40.7 Å². The number of hydrogen-bond acceptors (Lipinski definition) is 2. The molecule has 0 bridgehead atoms. The van der Waals surface area contributed by atoms with Gasteiger partial charge in [0.2, 0.25) is 0 Å². The predicted octanol–water partition coefficient (Wildman–Crippen LogP) is 3.23. The second kappa shape index (κ2) is 5.13. The fraction of sp³-hybridized carbons (Fsp3) is 0.846. The van der Waals surface area contributed by atoms with Crippen molar-refractivity contribution in [2.75, 3.05) is 7.11 Å². The summed E-state index contributed by atoms with van der Waals surface area (Å²) in [5.41, 5.74) is 1.31. The third-order valence-electron chi connectivity index (χ3n) is 3.63. The topological polar surface area (TPSA) is 18.5 Å². The SMILES string of the molecule is CO[C@H]1OC(C=C(C)C)[C@H](C)[C@H](C)C1C. The minimum absolute atomic E-state index is 0.0585. The number of methoxy groups -OCH3 is 1. The normalized spacial score (nSPS) is 41.3. The maximum atomic E-state index is 5.94. The summed E-state index contributed by atoms with van der Waals surface area (Å²) in [5.74, 6) is 1.65. The van der Waals surface area contributed by atoms with Crippen molar-refractivity contribution >= 4 is 0 Å². The van der Waals surface area contributed by atoms with Crippen molar-refractivity contribution in [2.45, 2.75) is 47.0 Å². The van der Waals surface area contributed by atoms with Crippen molar-refractivity contribution in [3.8, 4) is 0 Å². The van der Waals surface area contributed by atoms with Gasteiger partial charge < -0.3 is 9.47 Å². The van der Waals surface area contributed by atoms with Gasteiger partial charge in [0.05, 0.1) is 6.10 Å². The van der Waals surface area contributed by atoms with Crippen LogP contribution in [0.2, 0.25) is 0 Å². The summed E-state index contributed by atoms with van der Waals surface area (Å²) >= 11 is 0. The molecule has 0 aliphatic carbocycles. The molecule has 0 N–H and O–H groups in total. The summed E-state index contributed by atoms with van der Waals surface area (Å²) in [5, 5.41) is 0. The zero-order chi connectivity index (χ0) is 11.6. The van der Waals surface area contributed by atoms with E-state index >= 15 is 0 Å². The van der Waals surface area contributed by atoms with Crippen LogP contribution in [0.5, 0.6) is 0 Å². The average molecular weight is 212 g/mol. The van der Waals surface area contributed by atoms with Gasteiger partial charge in [-0.15, -0.1) is 0 Å². The Balaban J connectivity index is 2.78. The van der Waals surface area contributed by atoms with E-state index in [1.165, 1.54) is 5.57 Å². The maximum Gasteiger partial charge on any atom is 0.160 e. The first kappa shape index (κ1) is 12.7. The van der Waals surface area contributed by atoms with Gasteiger partial charge in [0.15, 0.2) is 6.29 Å². The largest absolute Gasteiger partial charge is 0.356 e. The molecule has 1 heterocycles. The molecule has 1 fully saturated rings.